The number of rotatable bonds is 9. The van der Waals surface area contributed by atoms with Crippen molar-refractivity contribution in [3.8, 4) is 11.1 Å². The molecule has 3 N–H and O–H groups in total. The molecule has 34 heavy (non-hydrogen) atoms. The monoisotopic (exact) mass is 477 g/mol. The van der Waals surface area contributed by atoms with Crippen LogP contribution in [0.1, 0.15) is 38.1 Å². The highest BCUT2D eigenvalue weighted by Crippen LogP contribution is 2.44. The van der Waals surface area contributed by atoms with E-state index in [4.69, 9.17) is 9.84 Å². The lowest BCUT2D eigenvalue weighted by molar-refractivity contribution is -0.139. The van der Waals surface area contributed by atoms with E-state index in [-0.39, 0.29) is 30.4 Å². The molecule has 3 aromatic rings. The van der Waals surface area contributed by atoms with E-state index in [1.54, 1.807) is 0 Å². The first-order valence-electron chi connectivity index (χ1n) is 10.7. The Bertz CT molecular complexity index is 1190. The first kappa shape index (κ1) is 23.2. The molecule has 1 unspecified atom stereocenters. The average Bonchev–Trinajstić information content (AvgIpc) is 3.44. The van der Waals surface area contributed by atoms with Crippen LogP contribution < -0.4 is 10.6 Å². The SMILES string of the molecule is C=CCC(NC(=O)c1cnc(CNC(=O)OCC2c3ccccc3-c3ccccc32)s1)C(=O)O. The number of aliphatic carboxylic acids is 1. The topological polar surface area (TPSA) is 118 Å². The van der Waals surface area contributed by atoms with Gasteiger partial charge in [0, 0.05) is 5.92 Å². The standard InChI is InChI=1S/C25H23N3O5S/c1-2-7-20(24(30)31)28-23(29)21-12-26-22(34-21)13-27-25(32)33-14-19-17-10-5-3-8-15(17)16-9-4-6-11-18(16)19/h2-6,8-12,19-20H,1,7,13-14H2,(H,27,32)(H,28,29)(H,30,31). The summed E-state index contributed by atoms with van der Waals surface area (Å²) in [6, 6.07) is 15.1. The summed E-state index contributed by atoms with van der Waals surface area (Å²) in [6.45, 7) is 3.78. The molecule has 0 saturated heterocycles. The number of carbonyl (C=O) groups is 3. The number of nitrogens with zero attached hydrogens (tertiary/aromatic N) is 1. The number of benzene rings is 2. The number of amides is 2. The van der Waals surface area contributed by atoms with Crippen LogP contribution in [-0.2, 0) is 16.1 Å². The molecule has 1 heterocycles. The fourth-order valence-electron chi connectivity index (χ4n) is 3.91. The molecular formula is C25H23N3O5S. The number of aromatic nitrogens is 1. The Labute approximate surface area is 200 Å². The van der Waals surface area contributed by atoms with E-state index in [1.165, 1.54) is 12.3 Å². The number of carbonyl (C=O) groups excluding carboxylic acids is 2. The number of alkyl carbamates (subject to hydrolysis) is 1. The number of carboxylic acids is 1. The third-order valence-corrected chi connectivity index (χ3v) is 6.51. The fraction of sp³-hybridized carbons (Fsp3) is 0.200. The van der Waals surface area contributed by atoms with Crippen molar-refractivity contribution in [3.63, 3.8) is 0 Å². The Kier molecular flexibility index (Phi) is 7.03. The van der Waals surface area contributed by atoms with Crippen molar-refractivity contribution < 1.29 is 24.2 Å². The van der Waals surface area contributed by atoms with Gasteiger partial charge in [-0.1, -0.05) is 54.6 Å². The van der Waals surface area contributed by atoms with Gasteiger partial charge in [0.05, 0.1) is 12.7 Å². The van der Waals surface area contributed by atoms with Gasteiger partial charge in [0.1, 0.15) is 22.5 Å². The first-order chi connectivity index (χ1) is 16.5. The Morgan fingerprint density at radius 1 is 1.12 bits per heavy atom. The molecule has 1 aromatic heterocycles. The fourth-order valence-corrected chi connectivity index (χ4v) is 4.67. The molecule has 1 aliphatic rings. The van der Waals surface area contributed by atoms with Gasteiger partial charge < -0.3 is 20.5 Å². The van der Waals surface area contributed by atoms with Gasteiger partial charge in [-0.25, -0.2) is 14.6 Å². The zero-order valence-corrected chi connectivity index (χ0v) is 19.0. The minimum absolute atomic E-state index is 0.0361. The lowest BCUT2D eigenvalue weighted by Crippen LogP contribution is -2.40. The molecule has 9 heteroatoms. The van der Waals surface area contributed by atoms with Gasteiger partial charge in [0.15, 0.2) is 0 Å². The van der Waals surface area contributed by atoms with Crippen molar-refractivity contribution in [2.45, 2.75) is 24.9 Å². The minimum atomic E-state index is -1.14. The van der Waals surface area contributed by atoms with Crippen molar-refractivity contribution in [3.05, 3.63) is 88.4 Å². The van der Waals surface area contributed by atoms with E-state index in [9.17, 15) is 14.4 Å². The van der Waals surface area contributed by atoms with Crippen LogP contribution in [0.15, 0.2) is 67.4 Å². The molecule has 0 spiro atoms. The predicted octanol–water partition coefficient (Wildman–Crippen LogP) is 3.94. The highest BCUT2D eigenvalue weighted by atomic mass is 32.1. The second kappa shape index (κ2) is 10.3. The summed E-state index contributed by atoms with van der Waals surface area (Å²) in [5, 5.41) is 14.7. The van der Waals surface area contributed by atoms with E-state index in [0.717, 1.165) is 33.6 Å². The van der Waals surface area contributed by atoms with Crippen LogP contribution in [0.2, 0.25) is 0 Å². The zero-order chi connectivity index (χ0) is 24.1. The smallest absolute Gasteiger partial charge is 0.407 e. The van der Waals surface area contributed by atoms with Crippen molar-refractivity contribution in [2.24, 2.45) is 0 Å². The van der Waals surface area contributed by atoms with Gasteiger partial charge in [0.2, 0.25) is 0 Å². The van der Waals surface area contributed by atoms with Gasteiger partial charge in [-0.15, -0.1) is 17.9 Å². The van der Waals surface area contributed by atoms with Crippen molar-refractivity contribution in [1.82, 2.24) is 15.6 Å². The third-order valence-electron chi connectivity index (χ3n) is 5.51. The summed E-state index contributed by atoms with van der Waals surface area (Å²) in [4.78, 5) is 40.2. The molecule has 4 rings (SSSR count). The van der Waals surface area contributed by atoms with Crippen LogP contribution in [0.5, 0.6) is 0 Å². The molecular weight excluding hydrogens is 454 g/mol. The maximum atomic E-state index is 12.3. The summed E-state index contributed by atoms with van der Waals surface area (Å²) < 4.78 is 5.49. The summed E-state index contributed by atoms with van der Waals surface area (Å²) in [6.07, 6.45) is 2.30. The lowest BCUT2D eigenvalue weighted by atomic mass is 9.98. The number of fused-ring (bicyclic) bond motifs is 3. The highest BCUT2D eigenvalue weighted by molar-refractivity contribution is 7.13. The highest BCUT2D eigenvalue weighted by Gasteiger charge is 2.29. The molecule has 0 aliphatic heterocycles. The van der Waals surface area contributed by atoms with E-state index >= 15 is 0 Å². The first-order valence-corrected chi connectivity index (χ1v) is 11.5. The molecule has 1 aliphatic carbocycles. The Morgan fingerprint density at radius 3 is 2.38 bits per heavy atom. The second-order valence-electron chi connectivity index (χ2n) is 7.69. The summed E-state index contributed by atoms with van der Waals surface area (Å²) >= 11 is 1.07. The molecule has 8 nitrogen and oxygen atoms in total. The van der Waals surface area contributed by atoms with Crippen LogP contribution in [0.3, 0.4) is 0 Å². The quantitative estimate of drug-likeness (QED) is 0.402. The van der Waals surface area contributed by atoms with E-state index in [0.29, 0.717) is 5.01 Å². The largest absolute Gasteiger partial charge is 0.480 e. The number of carboxylic acid groups (broad SMARTS) is 1. The molecule has 0 bridgehead atoms. The number of ether oxygens (including phenoxy) is 1. The van der Waals surface area contributed by atoms with Crippen molar-refractivity contribution in [1.29, 1.82) is 0 Å². The Morgan fingerprint density at radius 2 is 1.76 bits per heavy atom. The van der Waals surface area contributed by atoms with Crippen LogP contribution in [0.4, 0.5) is 4.79 Å². The number of nitrogens with one attached hydrogen (secondary N) is 2. The van der Waals surface area contributed by atoms with Gasteiger partial charge in [-0.2, -0.15) is 0 Å². The summed E-state index contributed by atoms with van der Waals surface area (Å²) in [5.74, 6) is -1.72. The Hall–Kier alpha value is -3.98. The lowest BCUT2D eigenvalue weighted by Gasteiger charge is -2.14. The van der Waals surface area contributed by atoms with Crippen LogP contribution >= 0.6 is 11.3 Å². The minimum Gasteiger partial charge on any atom is -0.480 e. The summed E-state index contributed by atoms with van der Waals surface area (Å²) in [7, 11) is 0. The van der Waals surface area contributed by atoms with Gasteiger partial charge in [-0.3, -0.25) is 4.79 Å². The van der Waals surface area contributed by atoms with E-state index in [1.807, 2.05) is 36.4 Å². The Balaban J connectivity index is 1.31. The molecule has 0 radical (unpaired) electrons. The van der Waals surface area contributed by atoms with Gasteiger partial charge >= 0.3 is 12.1 Å². The average molecular weight is 478 g/mol. The van der Waals surface area contributed by atoms with Crippen LogP contribution in [0, 0.1) is 0 Å². The number of hydrogen-bond donors (Lipinski definition) is 3. The molecule has 2 amide bonds. The van der Waals surface area contributed by atoms with E-state index < -0.39 is 24.0 Å². The molecule has 0 saturated carbocycles. The molecule has 174 valence electrons. The number of thiazole rings is 1. The van der Waals surface area contributed by atoms with Gasteiger partial charge in [0.25, 0.3) is 5.91 Å². The number of hydrogen-bond acceptors (Lipinski definition) is 6. The molecule has 0 fully saturated rings. The third kappa shape index (κ3) is 4.99. The predicted molar refractivity (Wildman–Crippen MR) is 128 cm³/mol. The maximum Gasteiger partial charge on any atom is 0.407 e. The van der Waals surface area contributed by atoms with Crippen molar-refractivity contribution >= 4 is 29.3 Å². The maximum absolute atomic E-state index is 12.3. The van der Waals surface area contributed by atoms with E-state index in [2.05, 4.69) is 34.3 Å². The molecule has 1 atom stereocenters. The van der Waals surface area contributed by atoms with Gasteiger partial charge in [-0.05, 0) is 28.7 Å². The molecule has 2 aromatic carbocycles. The van der Waals surface area contributed by atoms with Crippen LogP contribution in [0.25, 0.3) is 11.1 Å². The van der Waals surface area contributed by atoms with Crippen molar-refractivity contribution in [2.75, 3.05) is 6.61 Å². The normalized spacial score (nSPS) is 12.8. The zero-order valence-electron chi connectivity index (χ0n) is 18.2. The van der Waals surface area contributed by atoms with Crippen LogP contribution in [-0.4, -0.2) is 40.7 Å². The second-order valence-corrected chi connectivity index (χ2v) is 8.80. The summed E-state index contributed by atoms with van der Waals surface area (Å²) in [5.41, 5.74) is 4.56.